The summed E-state index contributed by atoms with van der Waals surface area (Å²) in [4.78, 5) is 0. The molecule has 0 aromatic carbocycles. The van der Waals surface area contributed by atoms with Crippen molar-refractivity contribution in [2.24, 2.45) is 5.92 Å². The molecule has 0 amide bonds. The normalized spacial score (nSPS) is 14.6. The Balaban J connectivity index is 3.51. The quantitative estimate of drug-likeness (QED) is 0.707. The highest BCUT2D eigenvalue weighted by molar-refractivity contribution is 7.90. The zero-order chi connectivity index (χ0) is 11.2. The monoisotopic (exact) mass is 221 g/mol. The Morgan fingerprint density at radius 1 is 1.14 bits per heavy atom. The summed E-state index contributed by atoms with van der Waals surface area (Å²) in [5, 5.41) is 3.32. The molecule has 1 atom stereocenters. The van der Waals surface area contributed by atoms with Crippen LogP contribution in [0.2, 0.25) is 0 Å². The summed E-state index contributed by atoms with van der Waals surface area (Å²) in [5.74, 6) is 0.798. The first kappa shape index (κ1) is 13.9. The van der Waals surface area contributed by atoms with Gasteiger partial charge in [-0.2, -0.15) is 0 Å². The molecule has 0 fully saturated rings. The molecule has 1 N–H and O–H groups in total. The van der Waals surface area contributed by atoms with E-state index in [4.69, 9.17) is 0 Å². The van der Waals surface area contributed by atoms with Gasteiger partial charge < -0.3 is 5.32 Å². The summed E-state index contributed by atoms with van der Waals surface area (Å²) >= 11 is 0. The highest BCUT2D eigenvalue weighted by Gasteiger charge is 2.07. The number of nitrogens with one attached hydrogen (secondary N) is 1. The first-order valence-corrected chi connectivity index (χ1v) is 7.28. The van der Waals surface area contributed by atoms with Crippen molar-refractivity contribution in [3.05, 3.63) is 0 Å². The smallest absolute Gasteiger partial charge is 0.147 e. The third kappa shape index (κ3) is 9.99. The lowest BCUT2D eigenvalue weighted by Crippen LogP contribution is -2.25. The predicted octanol–water partition coefficient (Wildman–Crippen LogP) is 1.45. The van der Waals surface area contributed by atoms with Crippen LogP contribution in [-0.4, -0.2) is 33.0 Å². The van der Waals surface area contributed by atoms with E-state index in [1.807, 2.05) is 0 Å². The van der Waals surface area contributed by atoms with Gasteiger partial charge in [-0.25, -0.2) is 8.42 Å². The fraction of sp³-hybridized carbons (Fsp3) is 1.00. The minimum Gasteiger partial charge on any atom is -0.315 e. The molecule has 0 aliphatic carbocycles. The van der Waals surface area contributed by atoms with Crippen LogP contribution in [0.5, 0.6) is 0 Å². The highest BCUT2D eigenvalue weighted by Crippen LogP contribution is 2.07. The molecule has 0 aliphatic rings. The van der Waals surface area contributed by atoms with Crippen LogP contribution < -0.4 is 5.32 Å². The Labute approximate surface area is 88.2 Å². The lowest BCUT2D eigenvalue weighted by molar-refractivity contribution is 0.466. The summed E-state index contributed by atoms with van der Waals surface area (Å²) in [6, 6.07) is 0.511. The topological polar surface area (TPSA) is 46.2 Å². The van der Waals surface area contributed by atoms with E-state index in [1.165, 1.54) is 6.26 Å². The van der Waals surface area contributed by atoms with Crippen LogP contribution in [0.4, 0.5) is 0 Å². The molecular formula is C10H23NO2S. The molecule has 0 rings (SSSR count). The second-order valence-electron chi connectivity index (χ2n) is 4.42. The zero-order valence-corrected chi connectivity index (χ0v) is 10.5. The molecule has 86 valence electrons. The van der Waals surface area contributed by atoms with Gasteiger partial charge in [0.2, 0.25) is 0 Å². The summed E-state index contributed by atoms with van der Waals surface area (Å²) in [6.07, 6.45) is 3.12. The first-order valence-electron chi connectivity index (χ1n) is 5.22. The molecule has 14 heavy (non-hydrogen) atoms. The molecule has 0 bridgehead atoms. The van der Waals surface area contributed by atoms with Gasteiger partial charge in [0.15, 0.2) is 0 Å². The van der Waals surface area contributed by atoms with Gasteiger partial charge in [-0.15, -0.1) is 0 Å². The van der Waals surface area contributed by atoms with E-state index in [1.54, 1.807) is 0 Å². The van der Waals surface area contributed by atoms with Crippen molar-refractivity contribution in [1.29, 1.82) is 0 Å². The Bertz CT molecular complexity index is 235. The second-order valence-corrected chi connectivity index (χ2v) is 6.68. The molecule has 0 aromatic rings. The predicted molar refractivity (Wildman–Crippen MR) is 61.2 cm³/mol. The summed E-state index contributed by atoms with van der Waals surface area (Å²) < 4.78 is 21.8. The Hall–Kier alpha value is -0.0900. The van der Waals surface area contributed by atoms with Crippen LogP contribution in [0, 0.1) is 5.92 Å². The largest absolute Gasteiger partial charge is 0.315 e. The standard InChI is InChI=1S/C10H23NO2S/c1-9(2)11-7-5-10(3)6-8-14(4,12)13/h9-11H,5-8H2,1-4H3. The maximum absolute atomic E-state index is 10.9. The number of rotatable bonds is 7. The van der Waals surface area contributed by atoms with Crippen molar-refractivity contribution in [3.63, 3.8) is 0 Å². The van der Waals surface area contributed by atoms with E-state index < -0.39 is 9.84 Å². The molecule has 0 spiro atoms. The summed E-state index contributed by atoms with van der Waals surface area (Å²) in [5.41, 5.74) is 0. The van der Waals surface area contributed by atoms with Gasteiger partial charge in [0.1, 0.15) is 9.84 Å². The van der Waals surface area contributed by atoms with Crippen molar-refractivity contribution in [2.45, 2.75) is 39.7 Å². The number of hydrogen-bond acceptors (Lipinski definition) is 3. The fourth-order valence-electron chi connectivity index (χ4n) is 1.18. The van der Waals surface area contributed by atoms with Gasteiger partial charge in [0.25, 0.3) is 0 Å². The molecule has 0 saturated carbocycles. The maximum atomic E-state index is 10.9. The molecule has 1 unspecified atom stereocenters. The van der Waals surface area contributed by atoms with Crippen molar-refractivity contribution < 1.29 is 8.42 Å². The van der Waals surface area contributed by atoms with Gasteiger partial charge >= 0.3 is 0 Å². The fourth-order valence-corrected chi connectivity index (χ4v) is 2.01. The van der Waals surface area contributed by atoms with Gasteiger partial charge in [-0.1, -0.05) is 20.8 Å². The van der Waals surface area contributed by atoms with Crippen molar-refractivity contribution in [3.8, 4) is 0 Å². The van der Waals surface area contributed by atoms with Crippen molar-refractivity contribution >= 4 is 9.84 Å². The second kappa shape index (κ2) is 6.40. The summed E-state index contributed by atoms with van der Waals surface area (Å²) in [7, 11) is -2.78. The number of hydrogen-bond donors (Lipinski definition) is 1. The van der Waals surface area contributed by atoms with Crippen molar-refractivity contribution in [1.82, 2.24) is 5.32 Å². The van der Waals surface area contributed by atoms with Crippen LogP contribution in [-0.2, 0) is 9.84 Å². The lowest BCUT2D eigenvalue weighted by Gasteiger charge is -2.12. The minimum absolute atomic E-state index is 0.315. The molecule has 0 aromatic heterocycles. The molecule has 0 aliphatic heterocycles. The minimum atomic E-state index is -2.78. The van der Waals surface area contributed by atoms with Crippen molar-refractivity contribution in [2.75, 3.05) is 18.6 Å². The molecule has 4 heteroatoms. The Morgan fingerprint density at radius 3 is 2.14 bits per heavy atom. The molecule has 0 saturated heterocycles. The summed E-state index contributed by atoms with van der Waals surface area (Å²) in [6.45, 7) is 7.30. The van der Waals surface area contributed by atoms with E-state index >= 15 is 0 Å². The lowest BCUT2D eigenvalue weighted by atomic mass is 10.1. The number of sulfone groups is 1. The van der Waals surface area contributed by atoms with Gasteiger partial charge in [0.05, 0.1) is 5.75 Å². The highest BCUT2D eigenvalue weighted by atomic mass is 32.2. The van der Waals surface area contributed by atoms with Gasteiger partial charge in [-0.3, -0.25) is 0 Å². The van der Waals surface area contributed by atoms with Crippen LogP contribution >= 0.6 is 0 Å². The van der Waals surface area contributed by atoms with E-state index in [2.05, 4.69) is 26.1 Å². The Morgan fingerprint density at radius 2 is 1.71 bits per heavy atom. The zero-order valence-electron chi connectivity index (χ0n) is 9.71. The third-order valence-corrected chi connectivity index (χ3v) is 3.15. The molecular weight excluding hydrogens is 198 g/mol. The molecule has 0 heterocycles. The van der Waals surface area contributed by atoms with Gasteiger partial charge in [0, 0.05) is 12.3 Å². The molecule has 3 nitrogen and oxygen atoms in total. The average molecular weight is 221 g/mol. The van der Waals surface area contributed by atoms with Crippen LogP contribution in [0.25, 0.3) is 0 Å². The SMILES string of the molecule is CC(CCNC(C)C)CCS(C)(=O)=O. The van der Waals surface area contributed by atoms with Crippen LogP contribution in [0.1, 0.15) is 33.6 Å². The van der Waals surface area contributed by atoms with E-state index in [0.717, 1.165) is 19.4 Å². The van der Waals surface area contributed by atoms with Crippen LogP contribution in [0.15, 0.2) is 0 Å². The van der Waals surface area contributed by atoms with Gasteiger partial charge in [-0.05, 0) is 25.3 Å². The van der Waals surface area contributed by atoms with E-state index in [0.29, 0.717) is 17.7 Å². The maximum Gasteiger partial charge on any atom is 0.147 e. The van der Waals surface area contributed by atoms with Crippen LogP contribution in [0.3, 0.4) is 0 Å². The Kier molecular flexibility index (Phi) is 6.36. The third-order valence-electron chi connectivity index (χ3n) is 2.17. The first-order chi connectivity index (χ1) is 6.31. The average Bonchev–Trinajstić information content (AvgIpc) is 1.99. The van der Waals surface area contributed by atoms with E-state index in [9.17, 15) is 8.42 Å². The van der Waals surface area contributed by atoms with E-state index in [-0.39, 0.29) is 0 Å². The molecule has 0 radical (unpaired) electrons.